The maximum absolute atomic E-state index is 12.2. The molecule has 0 aliphatic rings. The fourth-order valence-corrected chi connectivity index (χ4v) is 2.36. The molecule has 0 atom stereocenters. The van der Waals surface area contributed by atoms with Crippen molar-refractivity contribution in [2.45, 2.75) is 6.61 Å². The lowest BCUT2D eigenvalue weighted by molar-refractivity contribution is -0.576. The summed E-state index contributed by atoms with van der Waals surface area (Å²) in [5, 5.41) is 13.7. The van der Waals surface area contributed by atoms with E-state index in [0.29, 0.717) is 22.8 Å². The molecule has 1 heterocycles. The van der Waals surface area contributed by atoms with Crippen molar-refractivity contribution < 1.29 is 23.2 Å². The molecule has 1 aromatic carbocycles. The lowest BCUT2D eigenvalue weighted by atomic mass is 10.1. The number of ether oxygens (including phenoxy) is 1. The van der Waals surface area contributed by atoms with Crippen molar-refractivity contribution in [2.75, 3.05) is 6.54 Å². The van der Waals surface area contributed by atoms with Crippen LogP contribution in [-0.4, -0.2) is 23.3 Å². The summed E-state index contributed by atoms with van der Waals surface area (Å²) in [4.78, 5) is 0.321. The molecule has 0 amide bonds. The minimum Gasteiger partial charge on any atom is -0.502 e. The van der Waals surface area contributed by atoms with Crippen LogP contribution in [0.4, 0.5) is 8.78 Å². The van der Waals surface area contributed by atoms with E-state index in [4.69, 9.17) is 12.2 Å². The molecule has 4 nitrogen and oxygen atoms in total. The summed E-state index contributed by atoms with van der Waals surface area (Å²) >= 11 is 5.36. The van der Waals surface area contributed by atoms with Crippen molar-refractivity contribution >= 4 is 28.7 Å². The lowest BCUT2D eigenvalue weighted by Crippen LogP contribution is -2.40. The normalized spacial score (nSPS) is 11.6. The Hall–Kier alpha value is -2.80. The number of rotatable bonds is 7. The van der Waals surface area contributed by atoms with Crippen LogP contribution >= 0.6 is 12.2 Å². The highest BCUT2D eigenvalue weighted by Gasteiger charge is 2.23. The summed E-state index contributed by atoms with van der Waals surface area (Å²) in [6.45, 7) is 1.15. The van der Waals surface area contributed by atoms with Gasteiger partial charge < -0.3 is 15.2 Å². The number of pyridine rings is 1. The van der Waals surface area contributed by atoms with E-state index in [1.54, 1.807) is 35.2 Å². The zero-order valence-corrected chi connectivity index (χ0v) is 14.0. The first-order valence-corrected chi connectivity index (χ1v) is 7.78. The third-order valence-corrected chi connectivity index (χ3v) is 3.51. The van der Waals surface area contributed by atoms with E-state index in [1.807, 2.05) is 6.07 Å². The lowest BCUT2D eigenvalue weighted by Gasteiger charge is -2.09. The van der Waals surface area contributed by atoms with Gasteiger partial charge >= 0.3 is 6.61 Å². The second-order valence-corrected chi connectivity index (χ2v) is 5.29. The van der Waals surface area contributed by atoms with Gasteiger partial charge in [0.15, 0.2) is 23.1 Å². The first kappa shape index (κ1) is 18.5. The van der Waals surface area contributed by atoms with Gasteiger partial charge in [-0.3, -0.25) is 0 Å². The van der Waals surface area contributed by atoms with Gasteiger partial charge in [-0.25, -0.2) is 0 Å². The number of benzene rings is 1. The number of aliphatic hydroxyl groups excluding tert-OH is 1. The quantitative estimate of drug-likeness (QED) is 0.260. The van der Waals surface area contributed by atoms with Gasteiger partial charge in [-0.05, 0) is 24.3 Å². The maximum atomic E-state index is 12.2. The Labute approximate surface area is 149 Å². The molecule has 0 unspecified atom stereocenters. The minimum atomic E-state index is -2.90. The summed E-state index contributed by atoms with van der Waals surface area (Å²) in [6, 6.07) is 11.1. The van der Waals surface area contributed by atoms with Gasteiger partial charge in [0.2, 0.25) is 0 Å². The SMILES string of the molecule is C=CCNC(=S)C(=C(O)c1ccc(OC(F)F)cc1)[n+]1ccccc1. The highest BCUT2D eigenvalue weighted by molar-refractivity contribution is 7.81. The fourth-order valence-electron chi connectivity index (χ4n) is 2.07. The fraction of sp³-hybridized carbons (Fsp3) is 0.111. The van der Waals surface area contributed by atoms with E-state index in [-0.39, 0.29) is 11.5 Å². The molecule has 2 rings (SSSR count). The number of halogens is 2. The molecule has 0 radical (unpaired) electrons. The predicted molar refractivity (Wildman–Crippen MR) is 96.2 cm³/mol. The van der Waals surface area contributed by atoms with Gasteiger partial charge in [0, 0.05) is 24.2 Å². The average molecular weight is 363 g/mol. The number of nitrogens with one attached hydrogen (secondary N) is 1. The number of thiocarbonyl (C=S) groups is 1. The van der Waals surface area contributed by atoms with Crippen LogP contribution in [0.15, 0.2) is 67.5 Å². The maximum Gasteiger partial charge on any atom is 0.387 e. The number of alkyl halides is 2. The second kappa shape index (κ2) is 8.89. The molecule has 0 saturated heterocycles. The zero-order chi connectivity index (χ0) is 18.2. The van der Waals surface area contributed by atoms with E-state index in [1.165, 1.54) is 24.3 Å². The zero-order valence-electron chi connectivity index (χ0n) is 13.2. The van der Waals surface area contributed by atoms with Crippen LogP contribution in [0.2, 0.25) is 0 Å². The first-order chi connectivity index (χ1) is 12.0. The first-order valence-electron chi connectivity index (χ1n) is 7.37. The molecular formula is C18H17F2N2O2S+. The smallest absolute Gasteiger partial charge is 0.387 e. The topological polar surface area (TPSA) is 45.4 Å². The Morgan fingerprint density at radius 1 is 1.24 bits per heavy atom. The Bertz CT molecular complexity index is 762. The van der Waals surface area contributed by atoms with Crippen LogP contribution < -0.4 is 14.6 Å². The van der Waals surface area contributed by atoms with Gasteiger partial charge in [-0.15, -0.1) is 6.58 Å². The number of hydrogen-bond acceptors (Lipinski definition) is 3. The van der Waals surface area contributed by atoms with Crippen LogP contribution in [-0.2, 0) is 0 Å². The third kappa shape index (κ3) is 5.09. The summed E-state index contributed by atoms with van der Waals surface area (Å²) in [5.74, 6) is -0.0887. The van der Waals surface area contributed by atoms with Gasteiger partial charge in [0.25, 0.3) is 5.70 Å². The summed E-state index contributed by atoms with van der Waals surface area (Å²) in [6.07, 6.45) is 5.12. The molecule has 0 bridgehead atoms. The van der Waals surface area contributed by atoms with Crippen molar-refractivity contribution in [1.82, 2.24) is 5.32 Å². The predicted octanol–water partition coefficient (Wildman–Crippen LogP) is 3.56. The molecule has 0 fully saturated rings. The molecule has 2 aromatic rings. The van der Waals surface area contributed by atoms with Crippen molar-refractivity contribution in [3.05, 3.63) is 73.1 Å². The standard InChI is InChI=1S/C18H16F2N2O2S/c1-2-10-21-17(25)15(22-11-4-3-5-12-22)16(23)13-6-8-14(9-7-13)24-18(19)20/h2-9,11-12,18H,1,10H2,(H-,21,23,25)/p+1. The monoisotopic (exact) mass is 363 g/mol. The molecular weight excluding hydrogens is 346 g/mol. The molecule has 0 aliphatic carbocycles. The van der Waals surface area contributed by atoms with E-state index >= 15 is 0 Å². The molecule has 0 spiro atoms. The molecule has 1 aromatic heterocycles. The summed E-state index contributed by atoms with van der Waals surface area (Å²) in [7, 11) is 0. The van der Waals surface area contributed by atoms with Gasteiger partial charge in [-0.1, -0.05) is 24.4 Å². The van der Waals surface area contributed by atoms with Crippen LogP contribution in [0.25, 0.3) is 11.5 Å². The van der Waals surface area contributed by atoms with Crippen LogP contribution in [0.3, 0.4) is 0 Å². The summed E-state index contributed by atoms with van der Waals surface area (Å²) in [5.41, 5.74) is 0.774. The van der Waals surface area contributed by atoms with E-state index in [0.717, 1.165) is 0 Å². The van der Waals surface area contributed by atoms with Crippen LogP contribution in [0.1, 0.15) is 5.56 Å². The van der Waals surface area contributed by atoms with Gasteiger partial charge in [0.05, 0.1) is 0 Å². The van der Waals surface area contributed by atoms with Crippen LogP contribution in [0, 0.1) is 0 Å². The minimum absolute atomic E-state index is 0.00724. The van der Waals surface area contributed by atoms with E-state index in [2.05, 4.69) is 16.6 Å². The van der Waals surface area contributed by atoms with E-state index in [9.17, 15) is 13.9 Å². The Morgan fingerprint density at radius 2 is 1.88 bits per heavy atom. The molecule has 130 valence electrons. The number of aliphatic hydroxyl groups is 1. The van der Waals surface area contributed by atoms with Crippen molar-refractivity contribution in [1.29, 1.82) is 0 Å². The molecule has 0 saturated carbocycles. The molecule has 2 N–H and O–H groups in total. The number of nitrogens with zero attached hydrogens (tertiary/aromatic N) is 1. The van der Waals surface area contributed by atoms with Gasteiger partial charge in [-0.2, -0.15) is 13.3 Å². The Kier molecular flexibility index (Phi) is 6.59. The molecule has 7 heteroatoms. The van der Waals surface area contributed by atoms with Crippen molar-refractivity contribution in [3.63, 3.8) is 0 Å². The second-order valence-electron chi connectivity index (χ2n) is 4.88. The highest BCUT2D eigenvalue weighted by Crippen LogP contribution is 2.21. The van der Waals surface area contributed by atoms with Crippen molar-refractivity contribution in [2.24, 2.45) is 0 Å². The van der Waals surface area contributed by atoms with E-state index < -0.39 is 6.61 Å². The van der Waals surface area contributed by atoms with Crippen LogP contribution in [0.5, 0.6) is 5.75 Å². The highest BCUT2D eigenvalue weighted by atomic mass is 32.1. The Morgan fingerprint density at radius 3 is 2.44 bits per heavy atom. The summed E-state index contributed by atoms with van der Waals surface area (Å²) < 4.78 is 30.4. The van der Waals surface area contributed by atoms with Gasteiger partial charge in [0.1, 0.15) is 5.75 Å². The molecule has 25 heavy (non-hydrogen) atoms. The third-order valence-electron chi connectivity index (χ3n) is 3.17. The number of hydrogen-bond donors (Lipinski definition) is 2. The number of aromatic nitrogens is 1. The molecule has 0 aliphatic heterocycles. The average Bonchev–Trinajstić information content (AvgIpc) is 2.61. The largest absolute Gasteiger partial charge is 0.502 e. The Balaban J connectivity index is 2.42. The van der Waals surface area contributed by atoms with Crippen molar-refractivity contribution in [3.8, 4) is 5.75 Å².